The second-order valence-corrected chi connectivity index (χ2v) is 7.25. The van der Waals surface area contributed by atoms with Gasteiger partial charge in [0.2, 0.25) is 0 Å². The Labute approximate surface area is 189 Å². The molecule has 0 amide bonds. The Bertz CT molecular complexity index is 1310. The van der Waals surface area contributed by atoms with Crippen molar-refractivity contribution in [2.75, 3.05) is 31.8 Å². The van der Waals surface area contributed by atoms with Crippen molar-refractivity contribution in [3.63, 3.8) is 0 Å². The van der Waals surface area contributed by atoms with E-state index in [4.69, 9.17) is 19.6 Å². The van der Waals surface area contributed by atoms with Crippen LogP contribution in [0.3, 0.4) is 0 Å². The van der Waals surface area contributed by atoms with Crippen molar-refractivity contribution in [3.8, 4) is 22.9 Å². The van der Waals surface area contributed by atoms with Gasteiger partial charge < -0.3 is 34.9 Å². The van der Waals surface area contributed by atoms with Crippen LogP contribution in [-0.2, 0) is 0 Å². The number of hydrogen-bond donors (Lipinski definition) is 4. The molecule has 0 bridgehead atoms. The zero-order chi connectivity index (χ0) is 23.5. The van der Waals surface area contributed by atoms with E-state index in [9.17, 15) is 4.79 Å². The molecule has 33 heavy (non-hydrogen) atoms. The standard InChI is InChI=1S/C22H25N7O4/c1-5-24-8-14-19(23)20(26-11(2)15-9-33-10-25-15)18(22(30)29-14)21-27-12-6-16(31-3)17(32-4)7-13(12)28-21/h6-11H,5,23H2,1-4H3,(H,27,28)(H2,26,29,30)/t11-/m1/s1. The summed E-state index contributed by atoms with van der Waals surface area (Å²) < 4.78 is 15.8. The maximum absolute atomic E-state index is 13.2. The van der Waals surface area contributed by atoms with Crippen molar-refractivity contribution >= 4 is 28.6 Å². The number of H-pyrrole nitrogens is 2. The van der Waals surface area contributed by atoms with Crippen LogP contribution in [0.15, 0.2) is 39.0 Å². The van der Waals surface area contributed by atoms with Gasteiger partial charge in [-0.3, -0.25) is 9.79 Å². The number of oxazole rings is 1. The third-order valence-corrected chi connectivity index (χ3v) is 5.17. The average molecular weight is 451 g/mol. The molecule has 5 N–H and O–H groups in total. The highest BCUT2D eigenvalue weighted by Crippen LogP contribution is 2.36. The third kappa shape index (κ3) is 4.12. The largest absolute Gasteiger partial charge is 0.493 e. The first-order valence-corrected chi connectivity index (χ1v) is 10.3. The monoisotopic (exact) mass is 451 g/mol. The summed E-state index contributed by atoms with van der Waals surface area (Å²) in [6.45, 7) is 4.33. The molecule has 11 nitrogen and oxygen atoms in total. The molecule has 0 spiro atoms. The summed E-state index contributed by atoms with van der Waals surface area (Å²) in [5, 5.41) is 3.29. The second-order valence-electron chi connectivity index (χ2n) is 7.25. The molecule has 11 heteroatoms. The summed E-state index contributed by atoms with van der Waals surface area (Å²) in [5.41, 5.74) is 9.41. The van der Waals surface area contributed by atoms with E-state index in [-0.39, 0.29) is 17.2 Å². The third-order valence-electron chi connectivity index (χ3n) is 5.17. The highest BCUT2D eigenvalue weighted by Gasteiger charge is 2.22. The Morgan fingerprint density at radius 3 is 2.70 bits per heavy atom. The number of aliphatic imine (C=N–C) groups is 1. The molecular formula is C22H25N7O4. The predicted octanol–water partition coefficient (Wildman–Crippen LogP) is 3.12. The van der Waals surface area contributed by atoms with Gasteiger partial charge in [0.1, 0.15) is 23.3 Å². The number of pyridine rings is 1. The number of nitrogen functional groups attached to an aromatic ring is 1. The van der Waals surface area contributed by atoms with Gasteiger partial charge in [-0.25, -0.2) is 9.97 Å². The number of methoxy groups -OCH3 is 2. The van der Waals surface area contributed by atoms with Crippen LogP contribution in [0.25, 0.3) is 22.4 Å². The van der Waals surface area contributed by atoms with Crippen molar-refractivity contribution in [3.05, 3.63) is 46.5 Å². The molecule has 1 aromatic carbocycles. The first-order valence-electron chi connectivity index (χ1n) is 10.3. The van der Waals surface area contributed by atoms with Gasteiger partial charge in [0.25, 0.3) is 5.56 Å². The normalized spacial score (nSPS) is 12.4. The number of nitrogens with zero attached hydrogens (tertiary/aromatic N) is 3. The molecule has 4 aromatic rings. The van der Waals surface area contributed by atoms with E-state index in [0.29, 0.717) is 57.7 Å². The fourth-order valence-electron chi connectivity index (χ4n) is 3.48. The minimum Gasteiger partial charge on any atom is -0.493 e. The maximum Gasteiger partial charge on any atom is 0.261 e. The number of ether oxygens (including phenoxy) is 2. The molecule has 0 aliphatic heterocycles. The topological polar surface area (TPSA) is 156 Å². The molecular weight excluding hydrogens is 426 g/mol. The molecule has 0 unspecified atom stereocenters. The Kier molecular flexibility index (Phi) is 6.03. The second kappa shape index (κ2) is 9.07. The lowest BCUT2D eigenvalue weighted by Gasteiger charge is -2.18. The number of imidazole rings is 1. The first kappa shape index (κ1) is 21.9. The van der Waals surface area contributed by atoms with Crippen molar-refractivity contribution < 1.29 is 13.9 Å². The molecule has 0 aliphatic carbocycles. The van der Waals surface area contributed by atoms with Gasteiger partial charge in [0.05, 0.1) is 48.4 Å². The van der Waals surface area contributed by atoms with Crippen LogP contribution in [0, 0.1) is 0 Å². The summed E-state index contributed by atoms with van der Waals surface area (Å²) >= 11 is 0. The van der Waals surface area contributed by atoms with Gasteiger partial charge in [0, 0.05) is 24.9 Å². The first-order chi connectivity index (χ1) is 16.0. The van der Waals surface area contributed by atoms with Crippen LogP contribution < -0.4 is 26.1 Å². The van der Waals surface area contributed by atoms with Crippen LogP contribution in [0.1, 0.15) is 31.3 Å². The van der Waals surface area contributed by atoms with E-state index in [1.165, 1.54) is 12.7 Å². The quantitative estimate of drug-likeness (QED) is 0.298. The molecule has 0 fully saturated rings. The minimum atomic E-state index is -0.380. The van der Waals surface area contributed by atoms with Crippen molar-refractivity contribution in [2.24, 2.45) is 4.99 Å². The number of aromatic amines is 2. The van der Waals surface area contributed by atoms with E-state index in [1.54, 1.807) is 32.6 Å². The van der Waals surface area contributed by atoms with Crippen LogP contribution in [0.2, 0.25) is 0 Å². The number of benzene rings is 1. The minimum absolute atomic E-state index is 0.255. The number of rotatable bonds is 8. The number of nitrogens with two attached hydrogens (primary N) is 1. The molecule has 1 atom stereocenters. The lowest BCUT2D eigenvalue weighted by Crippen LogP contribution is -2.20. The number of hydrogen-bond acceptors (Lipinski definition) is 9. The van der Waals surface area contributed by atoms with Crippen molar-refractivity contribution in [1.82, 2.24) is 19.9 Å². The van der Waals surface area contributed by atoms with E-state index in [1.807, 2.05) is 13.8 Å². The summed E-state index contributed by atoms with van der Waals surface area (Å²) in [6, 6.07) is 3.20. The molecule has 0 aliphatic rings. The van der Waals surface area contributed by atoms with Gasteiger partial charge in [-0.1, -0.05) is 0 Å². The van der Waals surface area contributed by atoms with Gasteiger partial charge >= 0.3 is 0 Å². The van der Waals surface area contributed by atoms with Crippen LogP contribution in [-0.4, -0.2) is 46.9 Å². The number of anilines is 2. The SMILES string of the molecule is CCN=Cc1[nH]c(=O)c(-c2nc3cc(OC)c(OC)cc3[nH]2)c(N[C@H](C)c2cocn2)c1N. The predicted molar refractivity (Wildman–Crippen MR) is 126 cm³/mol. The van der Waals surface area contributed by atoms with Gasteiger partial charge in [0.15, 0.2) is 17.9 Å². The fourth-order valence-corrected chi connectivity index (χ4v) is 3.48. The number of nitrogens with one attached hydrogen (secondary N) is 3. The van der Waals surface area contributed by atoms with Crippen LogP contribution in [0.5, 0.6) is 11.5 Å². The highest BCUT2D eigenvalue weighted by molar-refractivity contribution is 5.95. The van der Waals surface area contributed by atoms with Crippen LogP contribution in [0.4, 0.5) is 11.4 Å². The zero-order valence-electron chi connectivity index (χ0n) is 18.7. The van der Waals surface area contributed by atoms with E-state index < -0.39 is 0 Å². The lowest BCUT2D eigenvalue weighted by molar-refractivity contribution is 0.356. The summed E-state index contributed by atoms with van der Waals surface area (Å²) in [6.07, 6.45) is 4.41. The Hall–Kier alpha value is -4.28. The number of fused-ring (bicyclic) bond motifs is 1. The molecule has 0 saturated carbocycles. The maximum atomic E-state index is 13.2. The summed E-state index contributed by atoms with van der Waals surface area (Å²) in [4.78, 5) is 32.2. The number of aromatic nitrogens is 4. The molecule has 3 heterocycles. The fraction of sp³-hybridized carbons (Fsp3) is 0.273. The van der Waals surface area contributed by atoms with Gasteiger partial charge in [-0.05, 0) is 13.8 Å². The Morgan fingerprint density at radius 2 is 2.03 bits per heavy atom. The molecule has 4 rings (SSSR count). The molecule has 172 valence electrons. The Morgan fingerprint density at radius 1 is 1.27 bits per heavy atom. The molecule has 3 aromatic heterocycles. The van der Waals surface area contributed by atoms with Gasteiger partial charge in [-0.2, -0.15) is 0 Å². The van der Waals surface area contributed by atoms with Crippen molar-refractivity contribution in [1.29, 1.82) is 0 Å². The lowest BCUT2D eigenvalue weighted by atomic mass is 10.1. The van der Waals surface area contributed by atoms with Crippen molar-refractivity contribution in [2.45, 2.75) is 19.9 Å². The Balaban J connectivity index is 1.90. The van der Waals surface area contributed by atoms with E-state index in [2.05, 4.69) is 30.2 Å². The summed E-state index contributed by atoms with van der Waals surface area (Å²) in [5.74, 6) is 1.40. The molecule has 0 saturated heterocycles. The molecule has 0 radical (unpaired) electrons. The highest BCUT2D eigenvalue weighted by atomic mass is 16.5. The summed E-state index contributed by atoms with van der Waals surface area (Å²) in [7, 11) is 3.10. The van der Waals surface area contributed by atoms with E-state index in [0.717, 1.165) is 0 Å². The van der Waals surface area contributed by atoms with Crippen LogP contribution >= 0.6 is 0 Å². The van der Waals surface area contributed by atoms with Gasteiger partial charge in [-0.15, -0.1) is 0 Å². The van der Waals surface area contributed by atoms with E-state index >= 15 is 0 Å². The smallest absolute Gasteiger partial charge is 0.261 e. The average Bonchev–Trinajstić information content (AvgIpc) is 3.49. The zero-order valence-corrected chi connectivity index (χ0v) is 18.7.